The summed E-state index contributed by atoms with van der Waals surface area (Å²) in [5.74, 6) is 2.24. The second-order valence-corrected chi connectivity index (χ2v) is 9.26. The number of halogens is 1. The normalized spacial score (nSPS) is 22.5. The summed E-state index contributed by atoms with van der Waals surface area (Å²) in [5.41, 5.74) is 1.13. The molecule has 0 bridgehead atoms. The number of rotatable bonds is 3. The summed E-state index contributed by atoms with van der Waals surface area (Å²) >= 11 is 5.36. The van der Waals surface area contributed by atoms with E-state index >= 15 is 0 Å². The average molecular weight is 379 g/mol. The van der Waals surface area contributed by atoms with Crippen LogP contribution in [0.3, 0.4) is 0 Å². The van der Waals surface area contributed by atoms with Crippen molar-refractivity contribution in [3.8, 4) is 0 Å². The number of nitrogens with one attached hydrogen (secondary N) is 1. The molecule has 0 radical (unpaired) electrons. The number of anilines is 1. The van der Waals surface area contributed by atoms with E-state index in [2.05, 4.69) is 35.1 Å². The first-order chi connectivity index (χ1) is 9.20. The average Bonchev–Trinajstić information content (AvgIpc) is 2.32. The van der Waals surface area contributed by atoms with Crippen molar-refractivity contribution in [2.45, 2.75) is 31.2 Å². The Hall–Kier alpha value is -0.240. The molecule has 1 fully saturated rings. The zero-order chi connectivity index (χ0) is 15.0. The molecule has 0 aliphatic carbocycles. The van der Waals surface area contributed by atoms with Gasteiger partial charge in [0.1, 0.15) is 0 Å². The van der Waals surface area contributed by atoms with Gasteiger partial charge in [0.25, 0.3) is 0 Å². The third-order valence-corrected chi connectivity index (χ3v) is 6.35. The molecule has 3 N–H and O–H groups in total. The Labute approximate surface area is 133 Å². The number of thioether (sulfide) groups is 1. The highest BCUT2D eigenvalue weighted by Gasteiger charge is 2.32. The van der Waals surface area contributed by atoms with Crippen molar-refractivity contribution in [2.75, 3.05) is 16.8 Å². The van der Waals surface area contributed by atoms with Gasteiger partial charge in [-0.15, -0.1) is 0 Å². The third-order valence-electron chi connectivity index (χ3n) is 3.72. The molecule has 4 nitrogen and oxygen atoms in total. The highest BCUT2D eigenvalue weighted by molar-refractivity contribution is 9.10. The highest BCUT2D eigenvalue weighted by Crippen LogP contribution is 2.37. The lowest BCUT2D eigenvalue weighted by molar-refractivity contribution is 0.305. The van der Waals surface area contributed by atoms with Crippen LogP contribution < -0.4 is 10.5 Å². The van der Waals surface area contributed by atoms with Crippen LogP contribution in [0.4, 0.5) is 5.69 Å². The number of benzene rings is 1. The zero-order valence-corrected chi connectivity index (χ0v) is 14.7. The Morgan fingerprint density at radius 3 is 2.70 bits per heavy atom. The Kier molecular flexibility index (Phi) is 4.73. The molecule has 1 atom stereocenters. The molecule has 1 aromatic carbocycles. The van der Waals surface area contributed by atoms with Crippen LogP contribution in [0, 0.1) is 5.41 Å². The van der Waals surface area contributed by atoms with E-state index in [4.69, 9.17) is 5.14 Å². The fourth-order valence-electron chi connectivity index (χ4n) is 2.15. The first-order valence-electron chi connectivity index (χ1n) is 6.37. The molecular weight excluding hydrogens is 360 g/mol. The van der Waals surface area contributed by atoms with Gasteiger partial charge in [-0.25, -0.2) is 13.6 Å². The Morgan fingerprint density at radius 2 is 2.15 bits per heavy atom. The van der Waals surface area contributed by atoms with Crippen molar-refractivity contribution in [3.05, 3.63) is 22.7 Å². The number of primary sulfonamides is 1. The van der Waals surface area contributed by atoms with E-state index in [1.54, 1.807) is 12.1 Å². The molecule has 20 heavy (non-hydrogen) atoms. The van der Waals surface area contributed by atoms with Crippen molar-refractivity contribution >= 4 is 43.4 Å². The lowest BCUT2D eigenvalue weighted by Crippen LogP contribution is -2.41. The largest absolute Gasteiger partial charge is 0.380 e. The van der Waals surface area contributed by atoms with Crippen molar-refractivity contribution in [1.82, 2.24) is 0 Å². The summed E-state index contributed by atoms with van der Waals surface area (Å²) < 4.78 is 23.4. The smallest absolute Gasteiger partial charge is 0.238 e. The van der Waals surface area contributed by atoms with Crippen molar-refractivity contribution < 1.29 is 8.42 Å². The quantitative estimate of drug-likeness (QED) is 0.847. The minimum absolute atomic E-state index is 0.118. The molecule has 1 saturated heterocycles. The summed E-state index contributed by atoms with van der Waals surface area (Å²) in [5, 5.41) is 8.65. The number of hydrogen-bond donors (Lipinski definition) is 2. The van der Waals surface area contributed by atoms with Crippen molar-refractivity contribution in [3.63, 3.8) is 0 Å². The maximum atomic E-state index is 11.3. The van der Waals surface area contributed by atoms with E-state index in [9.17, 15) is 8.42 Å². The topological polar surface area (TPSA) is 72.2 Å². The third kappa shape index (κ3) is 3.69. The van der Waals surface area contributed by atoms with Crippen LogP contribution in [0.5, 0.6) is 0 Å². The van der Waals surface area contributed by atoms with E-state index in [1.165, 1.54) is 18.2 Å². The molecule has 7 heteroatoms. The monoisotopic (exact) mass is 378 g/mol. The van der Waals surface area contributed by atoms with Gasteiger partial charge in [-0.1, -0.05) is 13.8 Å². The molecule has 0 saturated carbocycles. The Bertz CT molecular complexity index is 602. The van der Waals surface area contributed by atoms with Crippen LogP contribution in [-0.4, -0.2) is 26.0 Å². The van der Waals surface area contributed by atoms with Crippen molar-refractivity contribution in [2.24, 2.45) is 10.6 Å². The van der Waals surface area contributed by atoms with Gasteiger partial charge in [0.05, 0.1) is 4.90 Å². The van der Waals surface area contributed by atoms with Crippen LogP contribution >= 0.6 is 27.7 Å². The van der Waals surface area contributed by atoms with Crippen LogP contribution in [-0.2, 0) is 10.0 Å². The molecule has 1 unspecified atom stereocenters. The first kappa shape index (κ1) is 16.1. The minimum atomic E-state index is -3.66. The molecule has 1 aliphatic heterocycles. The number of nitrogens with two attached hydrogens (primary N) is 1. The number of sulfonamides is 1. The molecule has 0 amide bonds. The van der Waals surface area contributed by atoms with Gasteiger partial charge in [0.2, 0.25) is 10.0 Å². The Balaban J connectivity index is 2.22. The summed E-state index contributed by atoms with van der Waals surface area (Å²) in [6.45, 7) is 4.52. The molecular formula is C13H19BrN2O2S2. The van der Waals surface area contributed by atoms with Gasteiger partial charge >= 0.3 is 0 Å². The van der Waals surface area contributed by atoms with Gasteiger partial charge in [-0.3, -0.25) is 0 Å². The second-order valence-electron chi connectivity index (χ2n) is 5.70. The maximum Gasteiger partial charge on any atom is 0.238 e. The molecule has 0 aromatic heterocycles. The highest BCUT2D eigenvalue weighted by atomic mass is 79.9. The first-order valence-corrected chi connectivity index (χ1v) is 9.86. The van der Waals surface area contributed by atoms with Gasteiger partial charge in [0, 0.05) is 22.0 Å². The van der Waals surface area contributed by atoms with E-state index in [0.29, 0.717) is 6.04 Å². The predicted octanol–water partition coefficient (Wildman–Crippen LogP) is 3.04. The molecule has 2 rings (SSSR count). The van der Waals surface area contributed by atoms with Gasteiger partial charge in [-0.05, 0) is 51.7 Å². The minimum Gasteiger partial charge on any atom is -0.380 e. The van der Waals surface area contributed by atoms with Gasteiger partial charge < -0.3 is 5.32 Å². The summed E-state index contributed by atoms with van der Waals surface area (Å²) in [6, 6.07) is 5.20. The summed E-state index contributed by atoms with van der Waals surface area (Å²) in [7, 11) is -3.66. The standard InChI is InChI=1S/C13H19BrN2O2S2/c1-13(2)5-6-19-8-12(13)16-11-4-3-9(7-10(11)14)20(15,17)18/h3-4,7,12,16H,5-6,8H2,1-2H3,(H2,15,17,18). The van der Waals surface area contributed by atoms with Crippen LogP contribution in [0.25, 0.3) is 0 Å². The predicted molar refractivity (Wildman–Crippen MR) is 88.6 cm³/mol. The summed E-state index contributed by atoms with van der Waals surface area (Å²) in [4.78, 5) is 0.118. The van der Waals surface area contributed by atoms with Crippen molar-refractivity contribution in [1.29, 1.82) is 0 Å². The lowest BCUT2D eigenvalue weighted by atomic mass is 9.82. The van der Waals surface area contributed by atoms with Crippen LogP contribution in [0.2, 0.25) is 0 Å². The fourth-order valence-corrected chi connectivity index (χ4v) is 4.94. The van der Waals surface area contributed by atoms with E-state index < -0.39 is 10.0 Å². The fraction of sp³-hybridized carbons (Fsp3) is 0.538. The molecule has 1 aliphatic rings. The molecule has 0 spiro atoms. The van der Waals surface area contributed by atoms with Crippen LogP contribution in [0.15, 0.2) is 27.6 Å². The van der Waals surface area contributed by atoms with Crippen LogP contribution in [0.1, 0.15) is 20.3 Å². The van der Waals surface area contributed by atoms with E-state index in [-0.39, 0.29) is 10.3 Å². The maximum absolute atomic E-state index is 11.3. The van der Waals surface area contributed by atoms with E-state index in [0.717, 1.165) is 15.9 Å². The van der Waals surface area contributed by atoms with E-state index in [1.807, 2.05) is 11.8 Å². The number of hydrogen-bond acceptors (Lipinski definition) is 4. The zero-order valence-electron chi connectivity index (χ0n) is 11.5. The van der Waals surface area contributed by atoms with Gasteiger partial charge in [0.15, 0.2) is 0 Å². The lowest BCUT2D eigenvalue weighted by Gasteiger charge is -2.39. The summed E-state index contributed by atoms with van der Waals surface area (Å²) in [6.07, 6.45) is 1.17. The molecule has 112 valence electrons. The Morgan fingerprint density at radius 1 is 1.45 bits per heavy atom. The van der Waals surface area contributed by atoms with Gasteiger partial charge in [-0.2, -0.15) is 11.8 Å². The molecule has 1 aromatic rings. The molecule has 1 heterocycles. The SMILES string of the molecule is CC1(C)CCSCC1Nc1ccc(S(N)(=O)=O)cc1Br. The second kappa shape index (κ2) is 5.87.